The number of nitrogens with zero attached hydrogens (tertiary/aromatic N) is 3. The maximum Gasteiger partial charge on any atom is 0.165 e. The van der Waals surface area contributed by atoms with Crippen LogP contribution < -0.4 is 0 Å². The number of para-hydroxylation sites is 1. The van der Waals surface area contributed by atoms with Crippen LogP contribution in [0.1, 0.15) is 0 Å². The van der Waals surface area contributed by atoms with Crippen LogP contribution in [0.2, 0.25) is 0 Å². The fourth-order valence-corrected chi connectivity index (χ4v) is 8.02. The molecule has 3 heterocycles. The van der Waals surface area contributed by atoms with Crippen LogP contribution in [0.3, 0.4) is 0 Å². The Morgan fingerprint density at radius 1 is 0.435 bits per heavy atom. The number of rotatable bonds is 3. The monoisotopic (exact) mass is 605 g/mol. The van der Waals surface area contributed by atoms with E-state index in [0.29, 0.717) is 17.5 Å². The summed E-state index contributed by atoms with van der Waals surface area (Å²) in [5.74, 6) is 1.93. The molecule has 0 atom stereocenters. The molecule has 0 amide bonds. The number of aromatic nitrogens is 3. The first-order chi connectivity index (χ1) is 22.8. The maximum atomic E-state index is 6.58. The van der Waals surface area contributed by atoms with Gasteiger partial charge in [-0.3, -0.25) is 0 Å². The molecule has 7 aromatic carbocycles. The van der Waals surface area contributed by atoms with Crippen LogP contribution in [0.5, 0.6) is 0 Å². The topological polar surface area (TPSA) is 51.8 Å². The molecule has 10 rings (SSSR count). The number of fused-ring (bicyclic) bond motifs is 11. The quantitative estimate of drug-likeness (QED) is 0.188. The lowest BCUT2D eigenvalue weighted by Crippen LogP contribution is -2.00. The molecule has 214 valence electrons. The third-order valence-electron chi connectivity index (χ3n) is 8.92. The molecule has 0 aliphatic rings. The minimum atomic E-state index is 0.626. The molecule has 10 aromatic rings. The van der Waals surface area contributed by atoms with Crippen molar-refractivity contribution >= 4 is 75.0 Å². The molecule has 0 fully saturated rings. The van der Waals surface area contributed by atoms with Gasteiger partial charge < -0.3 is 4.42 Å². The smallest absolute Gasteiger partial charge is 0.165 e. The van der Waals surface area contributed by atoms with Gasteiger partial charge >= 0.3 is 0 Å². The summed E-state index contributed by atoms with van der Waals surface area (Å²) in [7, 11) is 0. The zero-order valence-electron chi connectivity index (χ0n) is 24.4. The average molecular weight is 606 g/mol. The lowest BCUT2D eigenvalue weighted by Gasteiger charge is -2.11. The summed E-state index contributed by atoms with van der Waals surface area (Å²) in [6.45, 7) is 0. The summed E-state index contributed by atoms with van der Waals surface area (Å²) in [6, 6.07) is 48.4. The molecule has 4 nitrogen and oxygen atoms in total. The van der Waals surface area contributed by atoms with Crippen molar-refractivity contribution in [3.63, 3.8) is 0 Å². The van der Waals surface area contributed by atoms with E-state index in [4.69, 9.17) is 19.4 Å². The van der Waals surface area contributed by atoms with Crippen molar-refractivity contribution in [1.82, 2.24) is 15.0 Å². The Balaban J connectivity index is 1.26. The second kappa shape index (κ2) is 9.80. The molecule has 0 radical (unpaired) electrons. The Hall–Kier alpha value is -5.91. The summed E-state index contributed by atoms with van der Waals surface area (Å²) in [5, 5.41) is 9.27. The first kappa shape index (κ1) is 25.4. The van der Waals surface area contributed by atoms with Crippen LogP contribution in [0.25, 0.3) is 97.8 Å². The normalized spacial score (nSPS) is 11.9. The fourth-order valence-electron chi connectivity index (χ4n) is 6.81. The molecule has 0 aliphatic carbocycles. The van der Waals surface area contributed by atoms with Gasteiger partial charge in [-0.2, -0.15) is 0 Å². The third-order valence-corrected chi connectivity index (χ3v) is 10.1. The lowest BCUT2D eigenvalue weighted by atomic mass is 9.95. The van der Waals surface area contributed by atoms with Crippen molar-refractivity contribution in [2.45, 2.75) is 0 Å². The molecular weight excluding hydrogens is 583 g/mol. The van der Waals surface area contributed by atoms with Gasteiger partial charge in [0.25, 0.3) is 0 Å². The summed E-state index contributed by atoms with van der Waals surface area (Å²) >= 11 is 1.78. The second-order valence-corrected chi connectivity index (χ2v) is 12.6. The molecule has 5 heteroatoms. The van der Waals surface area contributed by atoms with Gasteiger partial charge in [-0.25, -0.2) is 15.0 Å². The standard InChI is InChI=1S/C41H23N3OS/c1-2-11-24(12-3-1)39-42-40(44-41(43-39)32-18-10-17-30-28-14-7-9-20-35(28)46-38(30)32)25-21-22-27-26-13-4-5-15-29(26)36-31-16-6-8-19-34(31)45-37(36)33(27)23-25/h1-23H. The minimum absolute atomic E-state index is 0.626. The number of hydrogen-bond acceptors (Lipinski definition) is 5. The van der Waals surface area contributed by atoms with Crippen LogP contribution in [0.4, 0.5) is 0 Å². The van der Waals surface area contributed by atoms with Crippen LogP contribution in [-0.2, 0) is 0 Å². The number of furan rings is 1. The average Bonchev–Trinajstić information content (AvgIpc) is 3.71. The molecule has 0 N–H and O–H groups in total. The van der Waals surface area contributed by atoms with E-state index in [0.717, 1.165) is 49.4 Å². The van der Waals surface area contributed by atoms with Crippen molar-refractivity contribution < 1.29 is 4.42 Å². The highest BCUT2D eigenvalue weighted by molar-refractivity contribution is 7.26. The molecular formula is C41H23N3OS. The summed E-state index contributed by atoms with van der Waals surface area (Å²) in [4.78, 5) is 15.3. The highest BCUT2D eigenvalue weighted by Gasteiger charge is 2.19. The summed E-state index contributed by atoms with van der Waals surface area (Å²) < 4.78 is 9.00. The van der Waals surface area contributed by atoms with Gasteiger partial charge in [-0.15, -0.1) is 11.3 Å². The van der Waals surface area contributed by atoms with Crippen molar-refractivity contribution in [2.24, 2.45) is 0 Å². The predicted octanol–water partition coefficient (Wildman–Crippen LogP) is 11.4. The number of benzene rings is 7. The third kappa shape index (κ3) is 3.76. The minimum Gasteiger partial charge on any atom is -0.455 e. The maximum absolute atomic E-state index is 6.58. The fraction of sp³-hybridized carbons (Fsp3) is 0. The SMILES string of the molecule is c1ccc(-c2nc(-c3ccc4c5ccccc5c5c6ccccc6oc5c4c3)nc(-c3cccc4c3sc3ccccc34)n2)cc1. The molecule has 3 aromatic heterocycles. The highest BCUT2D eigenvalue weighted by Crippen LogP contribution is 2.43. The second-order valence-electron chi connectivity index (χ2n) is 11.6. The summed E-state index contributed by atoms with van der Waals surface area (Å²) in [6.07, 6.45) is 0. The molecule has 0 saturated carbocycles. The van der Waals surface area contributed by atoms with Crippen molar-refractivity contribution in [3.05, 3.63) is 140 Å². The molecule has 0 spiro atoms. The van der Waals surface area contributed by atoms with Crippen LogP contribution in [0.15, 0.2) is 144 Å². The van der Waals surface area contributed by atoms with Gasteiger partial charge in [0.15, 0.2) is 17.5 Å². The molecule has 0 bridgehead atoms. The van der Waals surface area contributed by atoms with E-state index in [1.54, 1.807) is 11.3 Å². The van der Waals surface area contributed by atoms with Gasteiger partial charge in [0.2, 0.25) is 0 Å². The summed E-state index contributed by atoms with van der Waals surface area (Å²) in [5.41, 5.74) is 4.62. The Morgan fingerprint density at radius 2 is 1.09 bits per heavy atom. The Labute approximate surface area is 267 Å². The van der Waals surface area contributed by atoms with E-state index in [1.165, 1.54) is 30.9 Å². The largest absolute Gasteiger partial charge is 0.455 e. The number of thiophene rings is 1. The molecule has 0 saturated heterocycles. The highest BCUT2D eigenvalue weighted by atomic mass is 32.1. The van der Waals surface area contributed by atoms with E-state index in [1.807, 2.05) is 42.5 Å². The molecule has 0 unspecified atom stereocenters. The van der Waals surface area contributed by atoms with Crippen LogP contribution >= 0.6 is 11.3 Å². The Morgan fingerprint density at radius 3 is 1.96 bits per heavy atom. The number of hydrogen-bond donors (Lipinski definition) is 0. The van der Waals surface area contributed by atoms with E-state index in [2.05, 4.69) is 97.1 Å². The zero-order valence-corrected chi connectivity index (χ0v) is 25.3. The first-order valence-corrected chi connectivity index (χ1v) is 16.1. The van der Waals surface area contributed by atoms with Crippen LogP contribution in [-0.4, -0.2) is 15.0 Å². The van der Waals surface area contributed by atoms with Gasteiger partial charge in [0, 0.05) is 53.0 Å². The van der Waals surface area contributed by atoms with Gasteiger partial charge in [-0.05, 0) is 40.4 Å². The zero-order chi connectivity index (χ0) is 30.2. The van der Waals surface area contributed by atoms with Crippen LogP contribution in [0, 0.1) is 0 Å². The lowest BCUT2D eigenvalue weighted by molar-refractivity contribution is 0.673. The molecule has 46 heavy (non-hydrogen) atoms. The Bertz CT molecular complexity index is 2820. The van der Waals surface area contributed by atoms with Crippen molar-refractivity contribution in [3.8, 4) is 34.2 Å². The Kier molecular flexibility index (Phi) is 5.41. The van der Waals surface area contributed by atoms with E-state index >= 15 is 0 Å². The molecule has 0 aliphatic heterocycles. The van der Waals surface area contributed by atoms with E-state index < -0.39 is 0 Å². The van der Waals surface area contributed by atoms with E-state index in [9.17, 15) is 0 Å². The van der Waals surface area contributed by atoms with Crippen molar-refractivity contribution in [2.75, 3.05) is 0 Å². The van der Waals surface area contributed by atoms with Gasteiger partial charge in [-0.1, -0.05) is 115 Å². The first-order valence-electron chi connectivity index (χ1n) is 15.3. The van der Waals surface area contributed by atoms with Gasteiger partial charge in [0.05, 0.1) is 0 Å². The van der Waals surface area contributed by atoms with E-state index in [-0.39, 0.29) is 0 Å². The van der Waals surface area contributed by atoms with Gasteiger partial charge in [0.1, 0.15) is 11.2 Å². The van der Waals surface area contributed by atoms with Crippen molar-refractivity contribution in [1.29, 1.82) is 0 Å². The predicted molar refractivity (Wildman–Crippen MR) is 191 cm³/mol.